The minimum Gasteiger partial charge on any atom is -0.355 e. The number of amides is 1. The average molecular weight is 400 g/mol. The summed E-state index contributed by atoms with van der Waals surface area (Å²) in [6.07, 6.45) is 4.00. The van der Waals surface area contributed by atoms with E-state index < -0.39 is 0 Å². The van der Waals surface area contributed by atoms with Gasteiger partial charge in [-0.3, -0.25) is 9.59 Å². The number of aromatic nitrogens is 2. The Morgan fingerprint density at radius 1 is 1.26 bits per heavy atom. The van der Waals surface area contributed by atoms with E-state index in [1.807, 2.05) is 18.2 Å². The summed E-state index contributed by atoms with van der Waals surface area (Å²) in [5.41, 5.74) is 2.37. The van der Waals surface area contributed by atoms with E-state index in [0.29, 0.717) is 23.9 Å². The van der Waals surface area contributed by atoms with Crippen LogP contribution < -0.4 is 10.9 Å². The molecule has 1 aliphatic carbocycles. The lowest BCUT2D eigenvalue weighted by molar-refractivity contribution is -0.118. The lowest BCUT2D eigenvalue weighted by atomic mass is 10.1. The number of H-pyrrole nitrogens is 1. The lowest BCUT2D eigenvalue weighted by Gasteiger charge is -2.05. The van der Waals surface area contributed by atoms with Gasteiger partial charge in [-0.05, 0) is 36.8 Å². The smallest absolute Gasteiger partial charge is 0.259 e. The van der Waals surface area contributed by atoms with Gasteiger partial charge in [-0.2, -0.15) is 0 Å². The summed E-state index contributed by atoms with van der Waals surface area (Å²) >= 11 is 3.11. The second kappa shape index (κ2) is 8.27. The van der Waals surface area contributed by atoms with Crippen molar-refractivity contribution in [1.82, 2.24) is 15.3 Å². The van der Waals surface area contributed by atoms with Crippen molar-refractivity contribution in [2.75, 3.05) is 12.3 Å². The van der Waals surface area contributed by atoms with Crippen molar-refractivity contribution in [1.29, 1.82) is 0 Å². The first-order chi connectivity index (χ1) is 13.2. The van der Waals surface area contributed by atoms with Crippen molar-refractivity contribution in [3.8, 4) is 0 Å². The fourth-order valence-electron chi connectivity index (χ4n) is 3.40. The molecule has 7 heteroatoms. The highest BCUT2D eigenvalue weighted by atomic mass is 32.2. The van der Waals surface area contributed by atoms with Crippen LogP contribution in [-0.2, 0) is 29.8 Å². The van der Waals surface area contributed by atoms with E-state index in [2.05, 4.69) is 27.4 Å². The Morgan fingerprint density at radius 3 is 2.96 bits per heavy atom. The highest BCUT2D eigenvalue weighted by molar-refractivity contribution is 7.99. The number of nitrogens with one attached hydrogen (secondary N) is 2. The summed E-state index contributed by atoms with van der Waals surface area (Å²) in [6.45, 7) is 0.630. The Hall–Kier alpha value is -2.12. The van der Waals surface area contributed by atoms with Crippen LogP contribution in [0.25, 0.3) is 10.2 Å². The fraction of sp³-hybridized carbons (Fsp3) is 0.350. The molecule has 1 aliphatic rings. The molecular formula is C20H21N3O2S2. The van der Waals surface area contributed by atoms with Crippen molar-refractivity contribution in [2.24, 2.45) is 0 Å². The van der Waals surface area contributed by atoms with Crippen LogP contribution in [0, 0.1) is 0 Å². The maximum Gasteiger partial charge on any atom is 0.259 e. The van der Waals surface area contributed by atoms with E-state index in [9.17, 15) is 9.59 Å². The fourth-order valence-corrected chi connectivity index (χ4v) is 5.40. The number of fused-ring (bicyclic) bond motifs is 3. The quantitative estimate of drug-likeness (QED) is 0.640. The van der Waals surface area contributed by atoms with E-state index in [4.69, 9.17) is 0 Å². The Morgan fingerprint density at radius 2 is 2.11 bits per heavy atom. The van der Waals surface area contributed by atoms with E-state index in [-0.39, 0.29) is 11.5 Å². The standard InChI is InChI=1S/C20H21N3O2S2/c24-17(21-10-9-13-5-2-1-3-6-13)12-26-11-16-22-19(25)18-14-7-4-8-15(14)27-20(18)23-16/h1-3,5-6H,4,7-12H2,(H,21,24)(H,22,23,25). The molecule has 140 valence electrons. The predicted molar refractivity (Wildman–Crippen MR) is 112 cm³/mol. The summed E-state index contributed by atoms with van der Waals surface area (Å²) in [6, 6.07) is 10.1. The molecule has 4 rings (SSSR count). The van der Waals surface area contributed by atoms with Crippen LogP contribution in [0.5, 0.6) is 0 Å². The van der Waals surface area contributed by atoms with Crippen LogP contribution in [0.15, 0.2) is 35.1 Å². The molecular weight excluding hydrogens is 378 g/mol. The van der Waals surface area contributed by atoms with Gasteiger partial charge >= 0.3 is 0 Å². The van der Waals surface area contributed by atoms with Crippen LogP contribution in [-0.4, -0.2) is 28.2 Å². The van der Waals surface area contributed by atoms with Crippen molar-refractivity contribution >= 4 is 39.2 Å². The monoisotopic (exact) mass is 399 g/mol. The molecule has 2 heterocycles. The third-order valence-electron chi connectivity index (χ3n) is 4.67. The molecule has 0 fully saturated rings. The topological polar surface area (TPSA) is 74.8 Å². The third-order valence-corrected chi connectivity index (χ3v) is 6.80. The molecule has 0 atom stereocenters. The molecule has 27 heavy (non-hydrogen) atoms. The first-order valence-corrected chi connectivity index (χ1v) is 11.1. The number of thioether (sulfide) groups is 1. The summed E-state index contributed by atoms with van der Waals surface area (Å²) in [5.74, 6) is 1.54. The Bertz CT molecular complexity index is 1010. The normalized spacial score (nSPS) is 13.0. The second-order valence-corrected chi connectivity index (χ2v) is 8.70. The zero-order valence-corrected chi connectivity index (χ0v) is 16.5. The molecule has 3 aromatic rings. The van der Waals surface area contributed by atoms with Gasteiger partial charge in [0, 0.05) is 11.4 Å². The third kappa shape index (κ3) is 4.25. The Balaban J connectivity index is 1.27. The zero-order chi connectivity index (χ0) is 18.6. The van der Waals surface area contributed by atoms with Gasteiger partial charge < -0.3 is 10.3 Å². The lowest BCUT2D eigenvalue weighted by Crippen LogP contribution is -2.27. The number of hydrogen-bond donors (Lipinski definition) is 2. The molecule has 1 aromatic carbocycles. The molecule has 1 amide bonds. The molecule has 0 radical (unpaired) electrons. The van der Waals surface area contributed by atoms with Gasteiger partial charge in [0.1, 0.15) is 10.7 Å². The molecule has 0 saturated heterocycles. The van der Waals surface area contributed by atoms with E-state index in [1.54, 1.807) is 11.3 Å². The summed E-state index contributed by atoms with van der Waals surface area (Å²) in [4.78, 5) is 34.0. The average Bonchev–Trinajstić information content (AvgIpc) is 3.23. The highest BCUT2D eigenvalue weighted by Gasteiger charge is 2.21. The predicted octanol–water partition coefficient (Wildman–Crippen LogP) is 3.07. The number of rotatable bonds is 7. The molecule has 0 bridgehead atoms. The van der Waals surface area contributed by atoms with Gasteiger partial charge in [0.05, 0.1) is 16.9 Å². The molecule has 0 saturated carbocycles. The van der Waals surface area contributed by atoms with Crippen molar-refractivity contribution < 1.29 is 4.79 Å². The number of thiophene rings is 1. The SMILES string of the molecule is O=C(CSCc1nc2sc3c(c2c(=O)[nH]1)CCC3)NCCc1ccccc1. The molecule has 2 aromatic heterocycles. The van der Waals surface area contributed by atoms with Gasteiger partial charge in [0.2, 0.25) is 5.91 Å². The highest BCUT2D eigenvalue weighted by Crippen LogP contribution is 2.34. The maximum atomic E-state index is 12.4. The molecule has 5 nitrogen and oxygen atoms in total. The van der Waals surface area contributed by atoms with Gasteiger partial charge in [0.15, 0.2) is 0 Å². The van der Waals surface area contributed by atoms with Gasteiger partial charge in [-0.15, -0.1) is 23.1 Å². The maximum absolute atomic E-state index is 12.4. The first-order valence-electron chi connectivity index (χ1n) is 9.12. The summed E-state index contributed by atoms with van der Waals surface area (Å²) < 4.78 is 0. The van der Waals surface area contributed by atoms with Crippen LogP contribution >= 0.6 is 23.1 Å². The first kappa shape index (κ1) is 18.3. The van der Waals surface area contributed by atoms with Crippen molar-refractivity contribution in [3.63, 3.8) is 0 Å². The van der Waals surface area contributed by atoms with Crippen molar-refractivity contribution in [2.45, 2.75) is 31.4 Å². The van der Waals surface area contributed by atoms with E-state index in [0.717, 1.165) is 35.9 Å². The number of aryl methyl sites for hydroxylation is 2. The van der Waals surface area contributed by atoms with Crippen LogP contribution in [0.1, 0.15) is 28.2 Å². The van der Waals surface area contributed by atoms with Gasteiger partial charge in [-0.25, -0.2) is 4.98 Å². The molecule has 0 aliphatic heterocycles. The largest absolute Gasteiger partial charge is 0.355 e. The minimum absolute atomic E-state index is 0.00876. The number of benzene rings is 1. The number of carbonyl (C=O) groups is 1. The second-order valence-electron chi connectivity index (χ2n) is 6.63. The van der Waals surface area contributed by atoms with E-state index in [1.165, 1.54) is 27.8 Å². The van der Waals surface area contributed by atoms with Crippen LogP contribution in [0.3, 0.4) is 0 Å². The summed E-state index contributed by atoms with van der Waals surface area (Å²) in [7, 11) is 0. The van der Waals surface area contributed by atoms with E-state index >= 15 is 0 Å². The van der Waals surface area contributed by atoms with Crippen LogP contribution in [0.2, 0.25) is 0 Å². The van der Waals surface area contributed by atoms with Gasteiger partial charge in [-0.1, -0.05) is 30.3 Å². The van der Waals surface area contributed by atoms with Gasteiger partial charge in [0.25, 0.3) is 5.56 Å². The minimum atomic E-state index is -0.0395. The zero-order valence-electron chi connectivity index (χ0n) is 14.9. The van der Waals surface area contributed by atoms with Crippen LogP contribution in [0.4, 0.5) is 0 Å². The number of hydrogen-bond acceptors (Lipinski definition) is 5. The Labute approximate surface area is 165 Å². The number of aromatic amines is 1. The Kier molecular flexibility index (Phi) is 5.59. The molecule has 2 N–H and O–H groups in total. The molecule has 0 unspecified atom stereocenters. The molecule has 0 spiro atoms. The van der Waals surface area contributed by atoms with Crippen molar-refractivity contribution in [3.05, 3.63) is 62.5 Å². The summed E-state index contributed by atoms with van der Waals surface area (Å²) in [5, 5.41) is 3.71. The number of carbonyl (C=O) groups excluding carboxylic acids is 1. The number of nitrogens with zero attached hydrogens (tertiary/aromatic N) is 1.